The minimum absolute atomic E-state index is 0.169. The summed E-state index contributed by atoms with van der Waals surface area (Å²) in [5.41, 5.74) is 7.48. The van der Waals surface area contributed by atoms with E-state index in [4.69, 9.17) is 10.8 Å². The Kier molecular flexibility index (Phi) is 2.70. The van der Waals surface area contributed by atoms with Crippen molar-refractivity contribution in [2.24, 2.45) is 5.73 Å². The number of hydrogen-bond donors (Lipinski definition) is 2. The van der Waals surface area contributed by atoms with Crippen LogP contribution in [0.1, 0.15) is 15.9 Å². The van der Waals surface area contributed by atoms with Gasteiger partial charge >= 0.3 is 5.97 Å². The Labute approximate surface area is 92.1 Å². The average Bonchev–Trinajstić information content (AvgIpc) is 2.78. The Morgan fingerprint density at radius 1 is 1.38 bits per heavy atom. The van der Waals surface area contributed by atoms with Crippen molar-refractivity contribution in [3.63, 3.8) is 0 Å². The third kappa shape index (κ3) is 1.94. The molecule has 0 fully saturated rings. The van der Waals surface area contributed by atoms with Crippen LogP contribution >= 0.6 is 0 Å². The number of nitrogens with zero attached hydrogens (tertiary/aromatic N) is 2. The molecule has 0 atom stereocenters. The van der Waals surface area contributed by atoms with E-state index in [1.165, 1.54) is 17.1 Å². The first-order valence-corrected chi connectivity index (χ1v) is 4.78. The number of aromatic nitrogens is 2. The van der Waals surface area contributed by atoms with Crippen LogP contribution in [0.3, 0.4) is 0 Å². The van der Waals surface area contributed by atoms with Crippen LogP contribution in [0.4, 0.5) is 0 Å². The maximum atomic E-state index is 10.7. The van der Waals surface area contributed by atoms with Crippen molar-refractivity contribution in [3.05, 3.63) is 47.8 Å². The topological polar surface area (TPSA) is 81.1 Å². The van der Waals surface area contributed by atoms with Gasteiger partial charge in [0.15, 0.2) is 0 Å². The van der Waals surface area contributed by atoms with Crippen molar-refractivity contribution in [2.45, 2.75) is 6.54 Å². The lowest BCUT2D eigenvalue weighted by Gasteiger charge is -2.01. The molecule has 82 valence electrons. The summed E-state index contributed by atoms with van der Waals surface area (Å²) in [6, 6.07) is 7.47. The van der Waals surface area contributed by atoms with Gasteiger partial charge in [0.05, 0.1) is 17.4 Å². The molecule has 3 N–H and O–H groups in total. The fraction of sp³-hybridized carbons (Fsp3) is 0.0909. The van der Waals surface area contributed by atoms with Gasteiger partial charge in [0.1, 0.15) is 0 Å². The van der Waals surface area contributed by atoms with Crippen molar-refractivity contribution < 1.29 is 9.90 Å². The minimum Gasteiger partial charge on any atom is -0.478 e. The predicted octanol–water partition coefficient (Wildman–Crippen LogP) is 1.03. The maximum absolute atomic E-state index is 10.7. The molecule has 1 aromatic heterocycles. The van der Waals surface area contributed by atoms with Crippen LogP contribution in [0, 0.1) is 0 Å². The first kappa shape index (κ1) is 10.4. The molecule has 0 bridgehead atoms. The molecule has 16 heavy (non-hydrogen) atoms. The number of carbonyl (C=O) groups is 1. The second kappa shape index (κ2) is 4.16. The Balaban J connectivity index is 2.31. The molecular weight excluding hydrogens is 206 g/mol. The molecule has 0 amide bonds. The number of carboxylic acids is 1. The average molecular weight is 217 g/mol. The molecule has 0 aliphatic heterocycles. The van der Waals surface area contributed by atoms with Gasteiger partial charge in [-0.05, 0) is 17.7 Å². The molecule has 1 heterocycles. The summed E-state index contributed by atoms with van der Waals surface area (Å²) in [6.07, 6.45) is 2.79. The predicted molar refractivity (Wildman–Crippen MR) is 58.4 cm³/mol. The van der Waals surface area contributed by atoms with Crippen LogP contribution in [0.15, 0.2) is 36.7 Å². The minimum atomic E-state index is -0.982. The number of carboxylic acid groups (broad SMARTS) is 1. The van der Waals surface area contributed by atoms with Crippen LogP contribution in [0.5, 0.6) is 0 Å². The summed E-state index contributed by atoms with van der Waals surface area (Å²) < 4.78 is 1.52. The van der Waals surface area contributed by atoms with Crippen molar-refractivity contribution in [1.29, 1.82) is 0 Å². The Bertz CT molecular complexity index is 502. The van der Waals surface area contributed by atoms with Crippen LogP contribution in [0.25, 0.3) is 5.69 Å². The number of hydrogen-bond acceptors (Lipinski definition) is 3. The van der Waals surface area contributed by atoms with Gasteiger partial charge in [-0.15, -0.1) is 0 Å². The van der Waals surface area contributed by atoms with E-state index in [0.717, 1.165) is 11.3 Å². The van der Waals surface area contributed by atoms with Gasteiger partial charge in [0, 0.05) is 12.7 Å². The highest BCUT2D eigenvalue weighted by atomic mass is 16.4. The van der Waals surface area contributed by atoms with E-state index in [-0.39, 0.29) is 5.56 Å². The van der Waals surface area contributed by atoms with E-state index in [1.54, 1.807) is 0 Å². The normalized spacial score (nSPS) is 10.3. The van der Waals surface area contributed by atoms with Crippen molar-refractivity contribution in [3.8, 4) is 5.69 Å². The van der Waals surface area contributed by atoms with Crippen molar-refractivity contribution in [2.75, 3.05) is 0 Å². The Morgan fingerprint density at radius 3 is 2.56 bits per heavy atom. The highest BCUT2D eigenvalue weighted by molar-refractivity contribution is 5.86. The van der Waals surface area contributed by atoms with Gasteiger partial charge in [-0.25, -0.2) is 9.48 Å². The molecule has 5 heteroatoms. The van der Waals surface area contributed by atoms with Gasteiger partial charge in [-0.3, -0.25) is 0 Å². The molecule has 0 aliphatic carbocycles. The molecule has 1 aromatic carbocycles. The molecule has 0 saturated carbocycles. The van der Waals surface area contributed by atoms with E-state index in [1.807, 2.05) is 24.3 Å². The van der Waals surface area contributed by atoms with Crippen molar-refractivity contribution in [1.82, 2.24) is 9.78 Å². The summed E-state index contributed by atoms with van der Waals surface area (Å²) in [7, 11) is 0. The molecule has 0 aliphatic rings. The molecule has 0 unspecified atom stereocenters. The first-order chi connectivity index (χ1) is 7.70. The number of aromatic carboxylic acids is 1. The summed E-state index contributed by atoms with van der Waals surface area (Å²) in [4.78, 5) is 10.7. The Morgan fingerprint density at radius 2 is 2.06 bits per heavy atom. The van der Waals surface area contributed by atoms with E-state index in [9.17, 15) is 4.79 Å². The van der Waals surface area contributed by atoms with Gasteiger partial charge in [-0.2, -0.15) is 5.10 Å². The number of rotatable bonds is 3. The third-order valence-electron chi connectivity index (χ3n) is 2.27. The van der Waals surface area contributed by atoms with E-state index >= 15 is 0 Å². The van der Waals surface area contributed by atoms with Crippen LogP contribution in [-0.4, -0.2) is 20.9 Å². The maximum Gasteiger partial charge on any atom is 0.338 e. The molecule has 0 radical (unpaired) electrons. The lowest BCUT2D eigenvalue weighted by Crippen LogP contribution is -1.98. The molecule has 2 aromatic rings. The highest BCUT2D eigenvalue weighted by Crippen LogP contribution is 2.09. The van der Waals surface area contributed by atoms with Gasteiger partial charge < -0.3 is 10.8 Å². The van der Waals surface area contributed by atoms with Gasteiger partial charge in [0.2, 0.25) is 0 Å². The van der Waals surface area contributed by atoms with E-state index in [2.05, 4.69) is 5.10 Å². The second-order valence-electron chi connectivity index (χ2n) is 3.35. The fourth-order valence-corrected chi connectivity index (χ4v) is 1.36. The molecule has 5 nitrogen and oxygen atoms in total. The molecular formula is C11H11N3O2. The zero-order chi connectivity index (χ0) is 11.5. The molecule has 2 rings (SSSR count). The van der Waals surface area contributed by atoms with Crippen LogP contribution in [0.2, 0.25) is 0 Å². The van der Waals surface area contributed by atoms with E-state index < -0.39 is 5.97 Å². The zero-order valence-corrected chi connectivity index (χ0v) is 8.50. The highest BCUT2D eigenvalue weighted by Gasteiger charge is 2.06. The first-order valence-electron chi connectivity index (χ1n) is 4.78. The number of benzene rings is 1. The number of nitrogens with two attached hydrogens (primary N) is 1. The fourth-order valence-electron chi connectivity index (χ4n) is 1.36. The Hall–Kier alpha value is -2.14. The summed E-state index contributed by atoms with van der Waals surface area (Å²) in [5.74, 6) is -0.982. The molecule has 0 spiro atoms. The quantitative estimate of drug-likeness (QED) is 0.804. The van der Waals surface area contributed by atoms with E-state index in [0.29, 0.717) is 6.54 Å². The monoisotopic (exact) mass is 217 g/mol. The standard InChI is InChI=1S/C11H11N3O2/c12-5-8-1-3-10(4-2-8)14-7-9(6-13-14)11(15)16/h1-4,6-7H,5,12H2,(H,15,16). The second-order valence-corrected chi connectivity index (χ2v) is 3.35. The summed E-state index contributed by atoms with van der Waals surface area (Å²) in [6.45, 7) is 0.486. The summed E-state index contributed by atoms with van der Waals surface area (Å²) in [5, 5.41) is 12.7. The van der Waals surface area contributed by atoms with Gasteiger partial charge in [0.25, 0.3) is 0 Å². The van der Waals surface area contributed by atoms with Gasteiger partial charge in [-0.1, -0.05) is 12.1 Å². The van der Waals surface area contributed by atoms with Crippen molar-refractivity contribution >= 4 is 5.97 Å². The SMILES string of the molecule is NCc1ccc(-n2cc(C(=O)O)cn2)cc1. The zero-order valence-electron chi connectivity index (χ0n) is 8.50. The smallest absolute Gasteiger partial charge is 0.338 e. The summed E-state index contributed by atoms with van der Waals surface area (Å²) >= 11 is 0. The van der Waals surface area contributed by atoms with Crippen LogP contribution in [-0.2, 0) is 6.54 Å². The largest absolute Gasteiger partial charge is 0.478 e. The van der Waals surface area contributed by atoms with Crippen LogP contribution < -0.4 is 5.73 Å². The molecule has 0 saturated heterocycles. The lowest BCUT2D eigenvalue weighted by atomic mass is 10.2. The third-order valence-corrected chi connectivity index (χ3v) is 2.27. The lowest BCUT2D eigenvalue weighted by molar-refractivity contribution is 0.0697.